The van der Waals surface area contributed by atoms with E-state index in [9.17, 15) is 4.79 Å². The maximum absolute atomic E-state index is 11.3. The molecule has 1 aromatic carbocycles. The van der Waals surface area contributed by atoms with Gasteiger partial charge in [0.25, 0.3) is 0 Å². The third kappa shape index (κ3) is 3.97. The quantitative estimate of drug-likeness (QED) is 0.760. The highest BCUT2D eigenvalue weighted by molar-refractivity contribution is 5.76. The van der Waals surface area contributed by atoms with Crippen LogP contribution in [0.4, 0.5) is 0 Å². The first-order valence-electron chi connectivity index (χ1n) is 5.13. The molecule has 3 heteroatoms. The van der Waals surface area contributed by atoms with E-state index in [1.165, 1.54) is 0 Å². The zero-order valence-corrected chi connectivity index (χ0v) is 9.07. The summed E-state index contributed by atoms with van der Waals surface area (Å²) >= 11 is 0. The fourth-order valence-electron chi connectivity index (χ4n) is 1.28. The monoisotopic (exact) mass is 214 g/mol. The van der Waals surface area contributed by atoms with Crippen molar-refractivity contribution < 1.29 is 4.79 Å². The molecule has 1 amide bonds. The highest BCUT2D eigenvalue weighted by atomic mass is 16.1. The van der Waals surface area contributed by atoms with Gasteiger partial charge in [0.2, 0.25) is 5.91 Å². The van der Waals surface area contributed by atoms with E-state index < -0.39 is 0 Å². The third-order valence-electron chi connectivity index (χ3n) is 2.17. The zero-order chi connectivity index (χ0) is 11.8. The summed E-state index contributed by atoms with van der Waals surface area (Å²) in [6.45, 7) is 4.03. The summed E-state index contributed by atoms with van der Waals surface area (Å²) in [5.74, 6) is 0.0178. The lowest BCUT2D eigenvalue weighted by atomic mass is 10.1. The molecule has 0 fully saturated rings. The van der Waals surface area contributed by atoms with Crippen molar-refractivity contribution in [2.24, 2.45) is 0 Å². The van der Waals surface area contributed by atoms with E-state index in [1.54, 1.807) is 18.2 Å². The summed E-state index contributed by atoms with van der Waals surface area (Å²) in [7, 11) is 0. The zero-order valence-electron chi connectivity index (χ0n) is 9.07. The molecule has 0 spiro atoms. The summed E-state index contributed by atoms with van der Waals surface area (Å²) in [6.07, 6.45) is 2.80. The van der Waals surface area contributed by atoms with Crippen molar-refractivity contribution in [1.82, 2.24) is 5.32 Å². The summed E-state index contributed by atoms with van der Waals surface area (Å²) in [5.41, 5.74) is 1.70. The number of carbonyl (C=O) groups is 1. The van der Waals surface area contributed by atoms with Gasteiger partial charge in [-0.25, -0.2) is 0 Å². The molecule has 1 aromatic rings. The second-order valence-electron chi connectivity index (χ2n) is 3.40. The van der Waals surface area contributed by atoms with Crippen molar-refractivity contribution in [3.05, 3.63) is 48.0 Å². The Kier molecular flexibility index (Phi) is 4.81. The lowest BCUT2D eigenvalue weighted by molar-refractivity contribution is -0.120. The molecule has 1 N–H and O–H groups in total. The Morgan fingerprint density at radius 2 is 2.12 bits per heavy atom. The number of hydrogen-bond acceptors (Lipinski definition) is 2. The summed E-state index contributed by atoms with van der Waals surface area (Å²) in [4.78, 5) is 11.3. The van der Waals surface area contributed by atoms with Gasteiger partial charge < -0.3 is 5.32 Å². The van der Waals surface area contributed by atoms with Crippen molar-refractivity contribution in [3.63, 3.8) is 0 Å². The molecule has 0 aliphatic heterocycles. The number of amides is 1. The second kappa shape index (κ2) is 6.41. The van der Waals surface area contributed by atoms with Gasteiger partial charge in [0.15, 0.2) is 0 Å². The molecule has 16 heavy (non-hydrogen) atoms. The van der Waals surface area contributed by atoms with E-state index in [1.807, 2.05) is 12.1 Å². The predicted octanol–water partition coefficient (Wildman–Crippen LogP) is 1.79. The van der Waals surface area contributed by atoms with E-state index in [0.29, 0.717) is 24.9 Å². The van der Waals surface area contributed by atoms with E-state index in [0.717, 1.165) is 5.56 Å². The third-order valence-corrected chi connectivity index (χ3v) is 2.17. The largest absolute Gasteiger partial charge is 0.353 e. The Labute approximate surface area is 95.4 Å². The smallest absolute Gasteiger partial charge is 0.220 e. The molecule has 0 unspecified atom stereocenters. The molecule has 1 rings (SSSR count). The van der Waals surface area contributed by atoms with Gasteiger partial charge in [0.1, 0.15) is 0 Å². The molecule has 0 saturated heterocycles. The number of rotatable bonds is 5. The average molecular weight is 214 g/mol. The molecule has 0 aliphatic rings. The average Bonchev–Trinajstić information content (AvgIpc) is 2.34. The van der Waals surface area contributed by atoms with Crippen molar-refractivity contribution in [3.8, 4) is 6.07 Å². The molecule has 0 saturated carbocycles. The van der Waals surface area contributed by atoms with Crippen molar-refractivity contribution in [1.29, 1.82) is 5.26 Å². The Hall–Kier alpha value is -2.08. The van der Waals surface area contributed by atoms with Crippen LogP contribution in [0.3, 0.4) is 0 Å². The fraction of sp³-hybridized carbons (Fsp3) is 0.231. The van der Waals surface area contributed by atoms with Crippen LogP contribution >= 0.6 is 0 Å². The standard InChI is InChI=1S/C13H14N2O/c1-2-9-15-13(16)8-7-11-3-5-12(10-14)6-4-11/h2-6H,1,7-9H2,(H,15,16). The van der Waals surface area contributed by atoms with Crippen molar-refractivity contribution in [2.75, 3.05) is 6.54 Å². The van der Waals surface area contributed by atoms with Crippen LogP contribution in [-0.4, -0.2) is 12.5 Å². The molecular formula is C13H14N2O. The van der Waals surface area contributed by atoms with Gasteiger partial charge in [0, 0.05) is 13.0 Å². The van der Waals surface area contributed by atoms with Crippen LogP contribution in [0, 0.1) is 11.3 Å². The van der Waals surface area contributed by atoms with Crippen molar-refractivity contribution in [2.45, 2.75) is 12.8 Å². The highest BCUT2D eigenvalue weighted by Gasteiger charge is 2.00. The van der Waals surface area contributed by atoms with Gasteiger partial charge in [-0.3, -0.25) is 4.79 Å². The predicted molar refractivity (Wildman–Crippen MR) is 62.7 cm³/mol. The maximum Gasteiger partial charge on any atom is 0.220 e. The summed E-state index contributed by atoms with van der Waals surface area (Å²) < 4.78 is 0. The SMILES string of the molecule is C=CCNC(=O)CCc1ccc(C#N)cc1. The summed E-state index contributed by atoms with van der Waals surface area (Å²) in [6, 6.07) is 9.33. The normalized spacial score (nSPS) is 9.19. The van der Waals surface area contributed by atoms with Crippen LogP contribution in [-0.2, 0) is 11.2 Å². The second-order valence-corrected chi connectivity index (χ2v) is 3.40. The topological polar surface area (TPSA) is 52.9 Å². The Balaban J connectivity index is 2.40. The number of nitrogens with one attached hydrogen (secondary N) is 1. The first kappa shape index (κ1) is 12.0. The van der Waals surface area contributed by atoms with Gasteiger partial charge in [-0.05, 0) is 24.1 Å². The van der Waals surface area contributed by atoms with Crippen LogP contribution in [0.1, 0.15) is 17.5 Å². The number of nitriles is 1. The lowest BCUT2D eigenvalue weighted by Gasteiger charge is -2.02. The number of nitrogens with zero attached hydrogens (tertiary/aromatic N) is 1. The summed E-state index contributed by atoms with van der Waals surface area (Å²) in [5, 5.41) is 11.3. The first-order chi connectivity index (χ1) is 7.76. The van der Waals surface area contributed by atoms with Crippen LogP contribution < -0.4 is 5.32 Å². The van der Waals surface area contributed by atoms with Gasteiger partial charge in [-0.15, -0.1) is 6.58 Å². The Bertz CT molecular complexity index is 401. The minimum Gasteiger partial charge on any atom is -0.353 e. The molecule has 0 aliphatic carbocycles. The number of benzene rings is 1. The van der Waals surface area contributed by atoms with Crippen LogP contribution in [0.2, 0.25) is 0 Å². The van der Waals surface area contributed by atoms with E-state index >= 15 is 0 Å². The Morgan fingerprint density at radius 3 is 2.69 bits per heavy atom. The molecule has 82 valence electrons. The van der Waals surface area contributed by atoms with Crippen molar-refractivity contribution >= 4 is 5.91 Å². The Morgan fingerprint density at radius 1 is 1.44 bits per heavy atom. The van der Waals surface area contributed by atoms with Gasteiger partial charge >= 0.3 is 0 Å². The number of hydrogen-bond donors (Lipinski definition) is 1. The van der Waals surface area contributed by atoms with E-state index in [4.69, 9.17) is 5.26 Å². The molecule has 0 heterocycles. The highest BCUT2D eigenvalue weighted by Crippen LogP contribution is 2.05. The van der Waals surface area contributed by atoms with Crippen LogP contribution in [0.5, 0.6) is 0 Å². The molecule has 0 aromatic heterocycles. The minimum atomic E-state index is 0.0178. The molecule has 0 bridgehead atoms. The number of aryl methyl sites for hydroxylation is 1. The fourth-order valence-corrected chi connectivity index (χ4v) is 1.28. The van der Waals surface area contributed by atoms with Crippen LogP contribution in [0.15, 0.2) is 36.9 Å². The first-order valence-corrected chi connectivity index (χ1v) is 5.13. The van der Waals surface area contributed by atoms with Gasteiger partial charge in [-0.1, -0.05) is 18.2 Å². The van der Waals surface area contributed by atoms with Gasteiger partial charge in [0.05, 0.1) is 11.6 Å². The lowest BCUT2D eigenvalue weighted by Crippen LogP contribution is -2.23. The van der Waals surface area contributed by atoms with Crippen LogP contribution in [0.25, 0.3) is 0 Å². The molecule has 0 radical (unpaired) electrons. The van der Waals surface area contributed by atoms with E-state index in [-0.39, 0.29) is 5.91 Å². The molecule has 0 atom stereocenters. The van der Waals surface area contributed by atoms with Gasteiger partial charge in [-0.2, -0.15) is 5.26 Å². The number of carbonyl (C=O) groups excluding carboxylic acids is 1. The maximum atomic E-state index is 11.3. The minimum absolute atomic E-state index is 0.0178. The molecular weight excluding hydrogens is 200 g/mol. The molecule has 3 nitrogen and oxygen atoms in total. The van der Waals surface area contributed by atoms with E-state index in [2.05, 4.69) is 18.0 Å².